The lowest BCUT2D eigenvalue weighted by Crippen LogP contribution is -2.68. The van der Waals surface area contributed by atoms with Gasteiger partial charge in [0.2, 0.25) is 0 Å². The van der Waals surface area contributed by atoms with Crippen LogP contribution >= 0.6 is 0 Å². The molecule has 0 aromatic heterocycles. The molecule has 3 aromatic rings. The Morgan fingerprint density at radius 2 is 1.58 bits per heavy atom. The molecule has 2 N–H and O–H groups in total. The van der Waals surface area contributed by atoms with Crippen molar-refractivity contribution in [3.8, 4) is 0 Å². The number of aliphatic hydroxyl groups excluding tert-OH is 1. The summed E-state index contributed by atoms with van der Waals surface area (Å²) in [6, 6.07) is 24.8. The fourth-order valence-electron chi connectivity index (χ4n) is 5.47. The highest BCUT2D eigenvalue weighted by molar-refractivity contribution is 5.89. The molecule has 2 fully saturated rings. The first kappa shape index (κ1) is 24.2. The second-order valence-corrected chi connectivity index (χ2v) is 9.55. The molecule has 0 saturated carbocycles. The van der Waals surface area contributed by atoms with Crippen molar-refractivity contribution in [2.75, 3.05) is 31.6 Å². The smallest absolute Gasteiger partial charge is 0.321 e. The molecule has 2 heterocycles. The van der Waals surface area contributed by atoms with Gasteiger partial charge in [-0.05, 0) is 48.2 Å². The highest BCUT2D eigenvalue weighted by Crippen LogP contribution is 2.42. The Bertz CT molecular complexity index is 1200. The third-order valence-corrected chi connectivity index (χ3v) is 7.36. The minimum atomic E-state index is -0.442. The van der Waals surface area contributed by atoms with Crippen molar-refractivity contribution >= 4 is 23.9 Å². The first-order valence-electron chi connectivity index (χ1n) is 12.6. The molecule has 2 saturated heterocycles. The van der Waals surface area contributed by atoms with Gasteiger partial charge in [-0.15, -0.1) is 0 Å². The molecular weight excluding hydrogens is 453 g/mol. The molecule has 0 spiro atoms. The largest absolute Gasteiger partial charge is 0.395 e. The van der Waals surface area contributed by atoms with E-state index in [0.717, 1.165) is 30.5 Å². The minimum absolute atomic E-state index is 0.0373. The summed E-state index contributed by atoms with van der Waals surface area (Å²) in [6.45, 7) is 2.16. The molecule has 5 nitrogen and oxygen atoms in total. The van der Waals surface area contributed by atoms with Crippen LogP contribution in [0.5, 0.6) is 0 Å². The summed E-state index contributed by atoms with van der Waals surface area (Å²) >= 11 is 0. The van der Waals surface area contributed by atoms with E-state index in [9.17, 15) is 14.3 Å². The minimum Gasteiger partial charge on any atom is -0.395 e. The van der Waals surface area contributed by atoms with Crippen molar-refractivity contribution < 1.29 is 14.3 Å². The summed E-state index contributed by atoms with van der Waals surface area (Å²) in [7, 11) is 0. The quantitative estimate of drug-likeness (QED) is 0.473. The number of hydrogen-bond donors (Lipinski definition) is 2. The van der Waals surface area contributed by atoms with Crippen LogP contribution in [0, 0.1) is 5.82 Å². The second kappa shape index (κ2) is 11.1. The lowest BCUT2D eigenvalue weighted by atomic mass is 9.74. The van der Waals surface area contributed by atoms with Crippen LogP contribution in [0.1, 0.15) is 35.4 Å². The number of nitrogens with one attached hydrogen (secondary N) is 1. The Morgan fingerprint density at radius 3 is 2.31 bits per heavy atom. The molecule has 186 valence electrons. The number of carbonyl (C=O) groups excluding carboxylic acids is 1. The highest BCUT2D eigenvalue weighted by Gasteiger charge is 2.49. The Hall–Kier alpha value is -3.48. The molecule has 0 aliphatic carbocycles. The molecule has 6 heteroatoms. The van der Waals surface area contributed by atoms with Crippen LogP contribution < -0.4 is 5.32 Å². The molecule has 2 aliphatic heterocycles. The van der Waals surface area contributed by atoms with E-state index in [1.165, 1.54) is 11.6 Å². The van der Waals surface area contributed by atoms with E-state index in [2.05, 4.69) is 58.8 Å². The lowest BCUT2D eigenvalue weighted by Gasteiger charge is -2.57. The molecule has 36 heavy (non-hydrogen) atoms. The van der Waals surface area contributed by atoms with Crippen LogP contribution in [0.2, 0.25) is 0 Å². The van der Waals surface area contributed by atoms with Crippen LogP contribution in [-0.2, 0) is 0 Å². The van der Waals surface area contributed by atoms with Gasteiger partial charge in [0.15, 0.2) is 0 Å². The number of nitrogens with zero attached hydrogens (tertiary/aromatic N) is 2. The van der Waals surface area contributed by atoms with E-state index >= 15 is 0 Å². The number of hydrogen-bond acceptors (Lipinski definition) is 3. The molecule has 2 aliphatic rings. The van der Waals surface area contributed by atoms with Gasteiger partial charge in [-0.1, -0.05) is 78.9 Å². The van der Waals surface area contributed by atoms with Crippen molar-refractivity contribution in [1.29, 1.82) is 0 Å². The number of para-hydroxylation sites is 1. The van der Waals surface area contributed by atoms with Crippen LogP contribution in [0.15, 0.2) is 78.9 Å². The number of aliphatic hydroxyl groups is 1. The van der Waals surface area contributed by atoms with Crippen molar-refractivity contribution in [3.63, 3.8) is 0 Å². The number of anilines is 1. The number of rotatable bonds is 5. The topological polar surface area (TPSA) is 55.8 Å². The fourth-order valence-corrected chi connectivity index (χ4v) is 5.47. The molecule has 0 unspecified atom stereocenters. The Kier molecular flexibility index (Phi) is 7.44. The van der Waals surface area contributed by atoms with E-state index in [1.54, 1.807) is 23.1 Å². The summed E-state index contributed by atoms with van der Waals surface area (Å²) in [4.78, 5) is 17.2. The summed E-state index contributed by atoms with van der Waals surface area (Å²) in [5, 5.41) is 12.9. The first-order valence-corrected chi connectivity index (χ1v) is 12.6. The van der Waals surface area contributed by atoms with Gasteiger partial charge in [-0.2, -0.15) is 0 Å². The van der Waals surface area contributed by atoms with Gasteiger partial charge in [-0.3, -0.25) is 4.90 Å². The third-order valence-electron chi connectivity index (χ3n) is 7.36. The zero-order valence-corrected chi connectivity index (χ0v) is 20.3. The van der Waals surface area contributed by atoms with Gasteiger partial charge < -0.3 is 15.3 Å². The molecule has 2 amide bonds. The summed E-state index contributed by atoms with van der Waals surface area (Å²) in [5.74, 6) is -0.313. The molecule has 0 bridgehead atoms. The number of benzene rings is 3. The Morgan fingerprint density at radius 1 is 0.917 bits per heavy atom. The fraction of sp³-hybridized carbons (Fsp3) is 0.300. The van der Waals surface area contributed by atoms with Gasteiger partial charge in [-0.25, -0.2) is 9.18 Å². The average Bonchev–Trinajstić information content (AvgIpc) is 2.89. The van der Waals surface area contributed by atoms with Crippen molar-refractivity contribution in [2.24, 2.45) is 0 Å². The summed E-state index contributed by atoms with van der Waals surface area (Å²) in [6.07, 6.45) is 6.02. The maximum atomic E-state index is 14.1. The number of halogens is 1. The van der Waals surface area contributed by atoms with Gasteiger partial charge in [0.1, 0.15) is 5.82 Å². The molecule has 3 atom stereocenters. The number of carbonyl (C=O) groups is 1. The van der Waals surface area contributed by atoms with E-state index in [0.29, 0.717) is 13.1 Å². The Balaban J connectivity index is 1.31. The molecule has 5 rings (SSSR count). The predicted molar refractivity (Wildman–Crippen MR) is 142 cm³/mol. The molecular formula is C30H32FN3O2. The zero-order valence-electron chi connectivity index (χ0n) is 20.3. The van der Waals surface area contributed by atoms with Crippen LogP contribution in [0.3, 0.4) is 0 Å². The van der Waals surface area contributed by atoms with Crippen LogP contribution in [-0.4, -0.2) is 59.3 Å². The Labute approximate surface area is 211 Å². The van der Waals surface area contributed by atoms with E-state index in [1.807, 2.05) is 18.2 Å². The molecule has 3 aromatic carbocycles. The van der Waals surface area contributed by atoms with E-state index in [4.69, 9.17) is 0 Å². The maximum Gasteiger partial charge on any atom is 0.321 e. The summed E-state index contributed by atoms with van der Waals surface area (Å²) < 4.78 is 14.1. The van der Waals surface area contributed by atoms with Crippen molar-refractivity contribution in [1.82, 2.24) is 9.80 Å². The summed E-state index contributed by atoms with van der Waals surface area (Å²) in [5.41, 5.74) is 3.63. The van der Waals surface area contributed by atoms with E-state index in [-0.39, 0.29) is 36.3 Å². The van der Waals surface area contributed by atoms with Crippen molar-refractivity contribution in [2.45, 2.75) is 30.8 Å². The zero-order chi connectivity index (χ0) is 24.9. The maximum absolute atomic E-state index is 14.1. The van der Waals surface area contributed by atoms with Gasteiger partial charge in [0.25, 0.3) is 0 Å². The highest BCUT2D eigenvalue weighted by atomic mass is 19.1. The normalized spacial score (nSPS) is 22.4. The number of amides is 2. The van der Waals surface area contributed by atoms with Gasteiger partial charge in [0, 0.05) is 31.1 Å². The predicted octanol–water partition coefficient (Wildman–Crippen LogP) is 5.45. The van der Waals surface area contributed by atoms with Gasteiger partial charge >= 0.3 is 6.03 Å². The lowest BCUT2D eigenvalue weighted by molar-refractivity contribution is -0.0585. The van der Waals surface area contributed by atoms with Crippen LogP contribution in [0.4, 0.5) is 14.9 Å². The number of urea groups is 1. The van der Waals surface area contributed by atoms with E-state index < -0.39 is 5.82 Å². The van der Waals surface area contributed by atoms with Crippen LogP contribution in [0.25, 0.3) is 12.2 Å². The first-order chi connectivity index (χ1) is 17.6. The van der Waals surface area contributed by atoms with Gasteiger partial charge in [0.05, 0.1) is 12.3 Å². The number of fused-ring (bicyclic) bond motifs is 1. The standard InChI is InChI=1S/C30H32FN3O2/c31-25-10-4-5-11-26(25)32-30(36)33-18-6-7-19-34-27(20-33)29(28(34)21-35)24-16-14-23(15-17-24)13-12-22-8-2-1-3-9-22/h1-5,8-17,27-29,35H,6-7,18-21H2,(H,32,36)/b13-12+/t27-,28-,29-/m0/s1. The third kappa shape index (κ3) is 5.20. The monoisotopic (exact) mass is 485 g/mol. The SMILES string of the molecule is O=C(Nc1ccccc1F)N1CCCCN2[C@@H](CO)[C@@H](c3ccc(/C=C/c4ccccc4)cc3)[C@@H]2C1. The van der Waals surface area contributed by atoms with Crippen molar-refractivity contribution in [3.05, 3.63) is 101 Å². The second-order valence-electron chi connectivity index (χ2n) is 9.55. The average molecular weight is 486 g/mol. The molecule has 0 radical (unpaired) electrons.